The Morgan fingerprint density at radius 2 is 2.41 bits per heavy atom. The molecule has 2 aromatic heterocycles. The summed E-state index contributed by atoms with van der Waals surface area (Å²) in [6.45, 7) is 1.95. The van der Waals surface area contributed by atoms with Crippen molar-refractivity contribution in [2.75, 3.05) is 0 Å². The quantitative estimate of drug-likeness (QED) is 0.783. The lowest BCUT2D eigenvalue weighted by molar-refractivity contribution is 0.378. The van der Waals surface area contributed by atoms with Crippen LogP contribution in [-0.4, -0.2) is 15.1 Å². The smallest absolute Gasteiger partial charge is 0.231 e. The molecular weight excluding hydrogens is 216 g/mol. The van der Waals surface area contributed by atoms with Gasteiger partial charge in [-0.15, -0.1) is 0 Å². The van der Waals surface area contributed by atoms with Crippen LogP contribution < -0.4 is 0 Å². The monoisotopic (exact) mass is 226 g/mol. The van der Waals surface area contributed by atoms with Gasteiger partial charge >= 0.3 is 0 Å². The highest BCUT2D eigenvalue weighted by atomic mass is 16.5. The third-order valence-corrected chi connectivity index (χ3v) is 2.98. The molecule has 5 nitrogen and oxygen atoms in total. The van der Waals surface area contributed by atoms with E-state index in [2.05, 4.69) is 21.2 Å². The van der Waals surface area contributed by atoms with Crippen molar-refractivity contribution >= 4 is 0 Å². The van der Waals surface area contributed by atoms with Gasteiger partial charge in [0.2, 0.25) is 11.7 Å². The van der Waals surface area contributed by atoms with E-state index in [9.17, 15) is 0 Å². The summed E-state index contributed by atoms with van der Waals surface area (Å²) < 4.78 is 5.20. The predicted molar refractivity (Wildman–Crippen MR) is 58.7 cm³/mol. The van der Waals surface area contributed by atoms with E-state index in [1.165, 1.54) is 0 Å². The Hall–Kier alpha value is -2.22. The fraction of sp³-hybridized carbons (Fsp3) is 0.333. The van der Waals surface area contributed by atoms with Gasteiger partial charge in [0.1, 0.15) is 0 Å². The molecule has 0 aliphatic heterocycles. The maximum absolute atomic E-state index is 8.76. The van der Waals surface area contributed by atoms with Crippen LogP contribution in [0.3, 0.4) is 0 Å². The van der Waals surface area contributed by atoms with Gasteiger partial charge in [-0.1, -0.05) is 5.16 Å². The Labute approximate surface area is 98.1 Å². The summed E-state index contributed by atoms with van der Waals surface area (Å²) in [7, 11) is 0. The van der Waals surface area contributed by atoms with Crippen LogP contribution in [0.15, 0.2) is 23.0 Å². The molecule has 84 valence electrons. The molecule has 2 heterocycles. The number of nitrogens with zero attached hydrogens (tertiary/aromatic N) is 4. The number of hydrogen-bond acceptors (Lipinski definition) is 5. The van der Waals surface area contributed by atoms with Crippen molar-refractivity contribution in [1.82, 2.24) is 15.1 Å². The van der Waals surface area contributed by atoms with Crippen molar-refractivity contribution in [1.29, 1.82) is 5.26 Å². The Morgan fingerprint density at radius 3 is 3.12 bits per heavy atom. The molecule has 17 heavy (non-hydrogen) atoms. The number of pyridine rings is 1. The maximum Gasteiger partial charge on any atom is 0.231 e. The molecule has 0 aromatic carbocycles. The summed E-state index contributed by atoms with van der Waals surface area (Å²) in [5.41, 5.74) is 1.93. The number of aromatic nitrogens is 3. The summed E-state index contributed by atoms with van der Waals surface area (Å²) in [6.07, 6.45) is 4.29. The van der Waals surface area contributed by atoms with Crippen molar-refractivity contribution in [2.24, 2.45) is 5.92 Å². The van der Waals surface area contributed by atoms with Crippen LogP contribution in [0.4, 0.5) is 0 Å². The Kier molecular flexibility index (Phi) is 2.15. The number of aryl methyl sites for hydroxylation is 1. The second-order valence-electron chi connectivity index (χ2n) is 4.22. The first kappa shape index (κ1) is 9.97. The molecule has 0 N–H and O–H groups in total. The molecule has 0 bridgehead atoms. The van der Waals surface area contributed by atoms with Gasteiger partial charge in [0.15, 0.2) is 0 Å². The van der Waals surface area contributed by atoms with Crippen LogP contribution in [-0.2, 0) is 0 Å². The molecule has 5 heteroatoms. The Bertz CT molecular complexity index is 599. The van der Waals surface area contributed by atoms with Crippen molar-refractivity contribution in [2.45, 2.75) is 19.3 Å². The highest BCUT2D eigenvalue weighted by Crippen LogP contribution is 2.46. The lowest BCUT2D eigenvalue weighted by atomic mass is 10.1. The van der Waals surface area contributed by atoms with Gasteiger partial charge in [0.05, 0.1) is 17.9 Å². The van der Waals surface area contributed by atoms with E-state index in [4.69, 9.17) is 9.78 Å². The lowest BCUT2D eigenvalue weighted by Gasteiger charge is -1.97. The molecule has 3 rings (SSSR count). The molecular formula is C12H10N4O. The molecule has 0 radical (unpaired) electrons. The van der Waals surface area contributed by atoms with Gasteiger partial charge in [-0.2, -0.15) is 10.2 Å². The lowest BCUT2D eigenvalue weighted by Crippen LogP contribution is -1.87. The van der Waals surface area contributed by atoms with Crippen LogP contribution in [0.5, 0.6) is 0 Å². The fourth-order valence-corrected chi connectivity index (χ4v) is 1.83. The molecule has 1 fully saturated rings. The first-order chi connectivity index (χ1) is 8.29. The molecule has 0 saturated heterocycles. The zero-order chi connectivity index (χ0) is 11.8. The summed E-state index contributed by atoms with van der Waals surface area (Å²) in [5.74, 6) is 1.32. The maximum atomic E-state index is 8.76. The molecule has 2 aromatic rings. The third kappa shape index (κ3) is 1.68. The normalized spacial score (nSPS) is 22.1. The van der Waals surface area contributed by atoms with E-state index in [-0.39, 0.29) is 11.8 Å². The van der Waals surface area contributed by atoms with Crippen molar-refractivity contribution < 1.29 is 4.52 Å². The SMILES string of the molecule is Cc1cnccc1-c1noc(C2CC2C#N)n1. The van der Waals surface area contributed by atoms with E-state index < -0.39 is 0 Å². The second-order valence-corrected chi connectivity index (χ2v) is 4.22. The highest BCUT2D eigenvalue weighted by Gasteiger charge is 2.43. The molecule has 2 atom stereocenters. The van der Waals surface area contributed by atoms with Crippen LogP contribution in [0.1, 0.15) is 23.8 Å². The van der Waals surface area contributed by atoms with Crippen molar-refractivity contribution in [3.05, 3.63) is 29.9 Å². The summed E-state index contributed by atoms with van der Waals surface area (Å²) in [4.78, 5) is 8.37. The van der Waals surface area contributed by atoms with Crippen molar-refractivity contribution in [3.63, 3.8) is 0 Å². The highest BCUT2D eigenvalue weighted by molar-refractivity contribution is 5.58. The Balaban J connectivity index is 1.92. The predicted octanol–water partition coefficient (Wildman–Crippen LogP) is 2.07. The molecule has 1 aliphatic carbocycles. The van der Waals surface area contributed by atoms with E-state index in [1.807, 2.05) is 13.0 Å². The topological polar surface area (TPSA) is 75.6 Å². The molecule has 1 saturated carbocycles. The summed E-state index contributed by atoms with van der Waals surface area (Å²) >= 11 is 0. The minimum Gasteiger partial charge on any atom is -0.339 e. The van der Waals surface area contributed by atoms with Gasteiger partial charge in [-0.05, 0) is 25.0 Å². The first-order valence-corrected chi connectivity index (χ1v) is 5.44. The first-order valence-electron chi connectivity index (χ1n) is 5.44. The zero-order valence-electron chi connectivity index (χ0n) is 9.29. The van der Waals surface area contributed by atoms with E-state index in [0.717, 1.165) is 17.5 Å². The zero-order valence-corrected chi connectivity index (χ0v) is 9.29. The van der Waals surface area contributed by atoms with Crippen LogP contribution in [0.25, 0.3) is 11.4 Å². The van der Waals surface area contributed by atoms with Gasteiger partial charge in [0, 0.05) is 18.0 Å². The molecule has 1 aliphatic rings. The molecule has 2 unspecified atom stereocenters. The Morgan fingerprint density at radius 1 is 1.53 bits per heavy atom. The van der Waals surface area contributed by atoms with Crippen molar-refractivity contribution in [3.8, 4) is 17.5 Å². The van der Waals surface area contributed by atoms with Crippen LogP contribution in [0, 0.1) is 24.2 Å². The third-order valence-electron chi connectivity index (χ3n) is 2.98. The van der Waals surface area contributed by atoms with Crippen LogP contribution >= 0.6 is 0 Å². The fourth-order valence-electron chi connectivity index (χ4n) is 1.83. The van der Waals surface area contributed by atoms with Gasteiger partial charge in [-0.25, -0.2) is 0 Å². The summed E-state index contributed by atoms with van der Waals surface area (Å²) in [5, 5.41) is 12.7. The average molecular weight is 226 g/mol. The van der Waals surface area contributed by atoms with Gasteiger partial charge in [-0.3, -0.25) is 4.98 Å². The average Bonchev–Trinajstić information content (AvgIpc) is 2.99. The standard InChI is InChI=1S/C12H10N4O/c1-7-6-14-3-2-9(7)11-15-12(17-16-11)10-4-8(10)5-13/h2-3,6,8,10H,4H2,1H3. The number of nitriles is 1. The minimum atomic E-state index is 0.0434. The van der Waals surface area contributed by atoms with E-state index in [0.29, 0.717) is 11.7 Å². The minimum absolute atomic E-state index is 0.0434. The molecule has 0 amide bonds. The van der Waals surface area contributed by atoms with E-state index >= 15 is 0 Å². The van der Waals surface area contributed by atoms with Gasteiger partial charge < -0.3 is 4.52 Å². The summed E-state index contributed by atoms with van der Waals surface area (Å²) in [6, 6.07) is 4.07. The van der Waals surface area contributed by atoms with E-state index in [1.54, 1.807) is 12.4 Å². The largest absolute Gasteiger partial charge is 0.339 e. The van der Waals surface area contributed by atoms with Gasteiger partial charge in [0.25, 0.3) is 0 Å². The second kappa shape index (κ2) is 3.67. The molecule has 0 spiro atoms. The number of rotatable bonds is 2. The number of hydrogen-bond donors (Lipinski definition) is 0. The van der Waals surface area contributed by atoms with Crippen LogP contribution in [0.2, 0.25) is 0 Å².